The van der Waals surface area contributed by atoms with Crippen LogP contribution in [-0.4, -0.2) is 15.0 Å². The zero-order valence-electron chi connectivity index (χ0n) is 9.98. The number of aromatic nitrogens is 3. The lowest BCUT2D eigenvalue weighted by Gasteiger charge is -2.13. The van der Waals surface area contributed by atoms with Crippen LogP contribution in [0.3, 0.4) is 0 Å². The number of hydrogen-bond donors (Lipinski definition) is 1. The van der Waals surface area contributed by atoms with Crippen molar-refractivity contribution >= 4 is 0 Å². The van der Waals surface area contributed by atoms with Gasteiger partial charge in [0.2, 0.25) is 0 Å². The summed E-state index contributed by atoms with van der Waals surface area (Å²) in [5.41, 5.74) is 7.20. The first-order valence-corrected chi connectivity index (χ1v) is 5.72. The summed E-state index contributed by atoms with van der Waals surface area (Å²) >= 11 is 0. The molecule has 0 radical (unpaired) electrons. The van der Waals surface area contributed by atoms with Crippen LogP contribution in [0.1, 0.15) is 30.6 Å². The average Bonchev–Trinajstić information content (AvgIpc) is 2.80. The van der Waals surface area contributed by atoms with Crippen LogP contribution >= 0.6 is 0 Å². The van der Waals surface area contributed by atoms with Crippen molar-refractivity contribution in [1.29, 1.82) is 0 Å². The van der Waals surface area contributed by atoms with Gasteiger partial charge in [0.1, 0.15) is 0 Å². The van der Waals surface area contributed by atoms with Crippen molar-refractivity contribution in [2.75, 3.05) is 0 Å². The van der Waals surface area contributed by atoms with Crippen LogP contribution in [0.5, 0.6) is 0 Å². The molecule has 1 aromatic carbocycles. The molecule has 0 fully saturated rings. The molecule has 0 saturated heterocycles. The summed E-state index contributed by atoms with van der Waals surface area (Å²) in [6.45, 7) is 2.70. The molecule has 0 saturated carbocycles. The molecule has 1 unspecified atom stereocenters. The van der Waals surface area contributed by atoms with Crippen LogP contribution < -0.4 is 5.73 Å². The number of nitrogens with zero attached hydrogens (tertiary/aromatic N) is 3. The minimum absolute atomic E-state index is 0.494. The molecule has 2 rings (SSSR count). The monoisotopic (exact) mass is 252 g/mol. The topological polar surface area (TPSA) is 56.7 Å². The minimum atomic E-state index is -0.905. The second kappa shape index (κ2) is 5.22. The Kier molecular flexibility index (Phi) is 3.66. The molecule has 0 spiro atoms. The Morgan fingerprint density at radius 2 is 2.11 bits per heavy atom. The highest BCUT2D eigenvalue weighted by Crippen LogP contribution is 2.20. The number of rotatable bonds is 4. The van der Waals surface area contributed by atoms with Crippen LogP contribution in [0, 0.1) is 11.6 Å². The third kappa shape index (κ3) is 2.38. The van der Waals surface area contributed by atoms with Gasteiger partial charge in [0.25, 0.3) is 0 Å². The van der Waals surface area contributed by atoms with Crippen molar-refractivity contribution in [3.63, 3.8) is 0 Å². The summed E-state index contributed by atoms with van der Waals surface area (Å²) in [5.74, 6) is -1.79. The molecular formula is C12H14F2N4. The summed E-state index contributed by atoms with van der Waals surface area (Å²) in [6.07, 6.45) is 2.43. The predicted octanol–water partition coefficient (Wildman–Crippen LogP) is 2.01. The van der Waals surface area contributed by atoms with Gasteiger partial charge in [-0.25, -0.2) is 13.5 Å². The van der Waals surface area contributed by atoms with Crippen LogP contribution in [0.4, 0.5) is 8.78 Å². The van der Waals surface area contributed by atoms with Gasteiger partial charge < -0.3 is 5.73 Å². The van der Waals surface area contributed by atoms with E-state index in [-0.39, 0.29) is 0 Å². The molecule has 0 amide bonds. The molecule has 0 aliphatic rings. The number of aryl methyl sites for hydroxylation is 1. The van der Waals surface area contributed by atoms with Gasteiger partial charge in [-0.05, 0) is 24.1 Å². The van der Waals surface area contributed by atoms with Crippen molar-refractivity contribution in [3.05, 3.63) is 47.3 Å². The Labute approximate surface area is 103 Å². The maximum absolute atomic E-state index is 13.2. The molecule has 6 heteroatoms. The smallest absolute Gasteiger partial charge is 0.159 e. The average molecular weight is 252 g/mol. The van der Waals surface area contributed by atoms with Crippen molar-refractivity contribution < 1.29 is 8.78 Å². The zero-order chi connectivity index (χ0) is 13.1. The van der Waals surface area contributed by atoms with E-state index in [0.29, 0.717) is 17.8 Å². The van der Waals surface area contributed by atoms with Crippen LogP contribution in [0.15, 0.2) is 24.4 Å². The fourth-order valence-corrected chi connectivity index (χ4v) is 1.77. The zero-order valence-corrected chi connectivity index (χ0v) is 9.98. The highest BCUT2D eigenvalue weighted by atomic mass is 19.2. The molecule has 4 nitrogen and oxygen atoms in total. The summed E-state index contributed by atoms with van der Waals surface area (Å²) in [6, 6.07) is 3.07. The molecule has 0 bridgehead atoms. The van der Waals surface area contributed by atoms with E-state index >= 15 is 0 Å². The first-order chi connectivity index (χ1) is 8.63. The lowest BCUT2D eigenvalue weighted by Crippen LogP contribution is -2.18. The molecule has 96 valence electrons. The Hall–Kier alpha value is -1.82. The van der Waals surface area contributed by atoms with E-state index < -0.39 is 17.7 Å². The van der Waals surface area contributed by atoms with E-state index in [1.54, 1.807) is 10.9 Å². The van der Waals surface area contributed by atoms with E-state index in [1.165, 1.54) is 6.07 Å². The molecule has 2 aromatic rings. The Morgan fingerprint density at radius 3 is 2.78 bits per heavy atom. The molecule has 1 atom stereocenters. The summed E-state index contributed by atoms with van der Waals surface area (Å²) in [7, 11) is 0. The lowest BCUT2D eigenvalue weighted by atomic mass is 10.0. The fourth-order valence-electron chi connectivity index (χ4n) is 1.77. The van der Waals surface area contributed by atoms with E-state index in [0.717, 1.165) is 18.6 Å². The van der Waals surface area contributed by atoms with E-state index in [4.69, 9.17) is 5.73 Å². The maximum atomic E-state index is 13.2. The van der Waals surface area contributed by atoms with Crippen LogP contribution in [-0.2, 0) is 6.54 Å². The molecular weight excluding hydrogens is 238 g/mol. The fraction of sp³-hybridized carbons (Fsp3) is 0.333. The normalized spacial score (nSPS) is 12.7. The standard InChI is InChI=1S/C12H14F2N4/c1-2-5-18-11(7-16-17-18)12(15)8-3-4-9(13)10(14)6-8/h3-4,6-7,12H,2,5,15H2,1H3. The largest absolute Gasteiger partial charge is 0.319 e. The van der Waals surface area contributed by atoms with Gasteiger partial charge in [0.05, 0.1) is 17.9 Å². The third-order valence-corrected chi connectivity index (χ3v) is 2.70. The number of nitrogens with two attached hydrogens (primary N) is 1. The molecule has 0 aliphatic carbocycles. The number of halogens is 2. The number of hydrogen-bond acceptors (Lipinski definition) is 3. The highest BCUT2D eigenvalue weighted by Gasteiger charge is 2.16. The molecule has 2 N–H and O–H groups in total. The summed E-state index contributed by atoms with van der Waals surface area (Å²) in [5, 5.41) is 7.70. The van der Waals surface area contributed by atoms with Gasteiger partial charge in [0.15, 0.2) is 11.6 Å². The summed E-state index contributed by atoms with van der Waals surface area (Å²) in [4.78, 5) is 0. The minimum Gasteiger partial charge on any atom is -0.319 e. The molecule has 18 heavy (non-hydrogen) atoms. The Bertz CT molecular complexity index is 539. The second-order valence-electron chi connectivity index (χ2n) is 4.03. The first kappa shape index (κ1) is 12.6. The van der Waals surface area contributed by atoms with Crippen molar-refractivity contribution in [2.45, 2.75) is 25.9 Å². The molecule has 0 aliphatic heterocycles. The van der Waals surface area contributed by atoms with Gasteiger partial charge in [-0.3, -0.25) is 0 Å². The lowest BCUT2D eigenvalue weighted by molar-refractivity contribution is 0.504. The Morgan fingerprint density at radius 1 is 1.33 bits per heavy atom. The first-order valence-electron chi connectivity index (χ1n) is 5.72. The van der Waals surface area contributed by atoms with Gasteiger partial charge in [-0.1, -0.05) is 18.2 Å². The SMILES string of the molecule is CCCn1nncc1C(N)c1ccc(F)c(F)c1. The van der Waals surface area contributed by atoms with Crippen molar-refractivity contribution in [3.8, 4) is 0 Å². The van der Waals surface area contributed by atoms with Gasteiger partial charge in [-0.15, -0.1) is 5.10 Å². The van der Waals surface area contributed by atoms with E-state index in [2.05, 4.69) is 10.3 Å². The van der Waals surface area contributed by atoms with Crippen LogP contribution in [0.2, 0.25) is 0 Å². The summed E-state index contributed by atoms with van der Waals surface area (Å²) < 4.78 is 27.7. The Balaban J connectivity index is 2.32. The van der Waals surface area contributed by atoms with Crippen molar-refractivity contribution in [2.24, 2.45) is 5.73 Å². The second-order valence-corrected chi connectivity index (χ2v) is 4.03. The third-order valence-electron chi connectivity index (χ3n) is 2.70. The maximum Gasteiger partial charge on any atom is 0.159 e. The van der Waals surface area contributed by atoms with E-state index in [1.807, 2.05) is 6.92 Å². The van der Waals surface area contributed by atoms with Gasteiger partial charge >= 0.3 is 0 Å². The number of benzene rings is 1. The molecule has 1 heterocycles. The van der Waals surface area contributed by atoms with Crippen molar-refractivity contribution in [1.82, 2.24) is 15.0 Å². The van der Waals surface area contributed by atoms with Gasteiger partial charge in [0, 0.05) is 6.54 Å². The van der Waals surface area contributed by atoms with Crippen LogP contribution in [0.25, 0.3) is 0 Å². The predicted molar refractivity (Wildman–Crippen MR) is 62.7 cm³/mol. The van der Waals surface area contributed by atoms with E-state index in [9.17, 15) is 8.78 Å². The quantitative estimate of drug-likeness (QED) is 0.905. The highest BCUT2D eigenvalue weighted by molar-refractivity contribution is 5.27. The molecule has 1 aromatic heterocycles. The van der Waals surface area contributed by atoms with Gasteiger partial charge in [-0.2, -0.15) is 0 Å².